The molecule has 0 radical (unpaired) electrons. The fourth-order valence-corrected chi connectivity index (χ4v) is 2.32. The molecule has 0 bridgehead atoms. The maximum Gasteiger partial charge on any atom is 0.148 e. The maximum atomic E-state index is 11.0. The molecule has 1 aromatic rings. The van der Waals surface area contributed by atoms with E-state index in [1.807, 2.05) is 6.92 Å². The Balaban J connectivity index is 2.72. The average Bonchev–Trinajstić information content (AvgIpc) is 2.11. The van der Waals surface area contributed by atoms with Crippen molar-refractivity contribution in [3.63, 3.8) is 0 Å². The molecular formula is C8H11BrClN3OS. The number of aromatic nitrogens is 2. The third-order valence-electron chi connectivity index (χ3n) is 1.61. The van der Waals surface area contributed by atoms with Crippen molar-refractivity contribution in [1.29, 1.82) is 0 Å². The minimum Gasteiger partial charge on any atom is -0.366 e. The lowest BCUT2D eigenvalue weighted by Crippen LogP contribution is -2.23. The first-order valence-electron chi connectivity index (χ1n) is 4.23. The zero-order valence-corrected chi connectivity index (χ0v) is 11.5. The highest BCUT2D eigenvalue weighted by Gasteiger charge is 2.10. The molecule has 15 heavy (non-hydrogen) atoms. The SMILES string of the molecule is CC(CS(C)=O)Nc1ncnc(Cl)c1Br. The average molecular weight is 313 g/mol. The van der Waals surface area contributed by atoms with Gasteiger partial charge in [0.05, 0.1) is 4.47 Å². The topological polar surface area (TPSA) is 54.9 Å². The van der Waals surface area contributed by atoms with E-state index < -0.39 is 10.8 Å². The number of nitrogens with zero attached hydrogens (tertiary/aromatic N) is 2. The molecule has 1 heterocycles. The molecule has 0 aromatic carbocycles. The highest BCUT2D eigenvalue weighted by atomic mass is 79.9. The van der Waals surface area contributed by atoms with Gasteiger partial charge in [0.15, 0.2) is 0 Å². The van der Waals surface area contributed by atoms with Crippen LogP contribution in [0, 0.1) is 0 Å². The molecule has 0 amide bonds. The summed E-state index contributed by atoms with van der Waals surface area (Å²) >= 11 is 9.08. The Morgan fingerprint density at radius 2 is 2.33 bits per heavy atom. The molecule has 2 unspecified atom stereocenters. The van der Waals surface area contributed by atoms with Crippen LogP contribution in [0.1, 0.15) is 6.92 Å². The van der Waals surface area contributed by atoms with Crippen molar-refractivity contribution in [3.8, 4) is 0 Å². The fraction of sp³-hybridized carbons (Fsp3) is 0.500. The first-order chi connectivity index (χ1) is 7.00. The molecule has 0 aliphatic carbocycles. The van der Waals surface area contributed by atoms with Gasteiger partial charge < -0.3 is 5.32 Å². The van der Waals surface area contributed by atoms with Crippen molar-refractivity contribution in [3.05, 3.63) is 16.0 Å². The molecule has 84 valence electrons. The van der Waals surface area contributed by atoms with Gasteiger partial charge in [0, 0.05) is 28.9 Å². The van der Waals surface area contributed by atoms with E-state index in [9.17, 15) is 4.21 Å². The Bertz CT molecular complexity index is 377. The van der Waals surface area contributed by atoms with Gasteiger partial charge in [0.1, 0.15) is 17.3 Å². The summed E-state index contributed by atoms with van der Waals surface area (Å²) in [5.41, 5.74) is 0. The van der Waals surface area contributed by atoms with Crippen LogP contribution < -0.4 is 5.32 Å². The molecule has 1 N–H and O–H groups in total. The van der Waals surface area contributed by atoms with E-state index in [1.54, 1.807) is 6.26 Å². The van der Waals surface area contributed by atoms with Crippen LogP contribution in [0.25, 0.3) is 0 Å². The molecule has 1 aromatic heterocycles. The lowest BCUT2D eigenvalue weighted by molar-refractivity contribution is 0.683. The van der Waals surface area contributed by atoms with Gasteiger partial charge in [-0.15, -0.1) is 0 Å². The zero-order chi connectivity index (χ0) is 11.4. The largest absolute Gasteiger partial charge is 0.366 e. The molecule has 0 spiro atoms. The van der Waals surface area contributed by atoms with Crippen LogP contribution in [0.5, 0.6) is 0 Å². The van der Waals surface area contributed by atoms with E-state index in [1.165, 1.54) is 6.33 Å². The molecule has 0 aliphatic rings. The molecule has 2 atom stereocenters. The molecule has 0 saturated heterocycles. The Hall–Kier alpha value is -0.200. The standard InChI is InChI=1S/C8H11BrClN3OS/c1-5(3-15(2)14)13-8-6(9)7(10)11-4-12-8/h4-5H,3H2,1-2H3,(H,11,12,13). The number of hydrogen-bond acceptors (Lipinski definition) is 4. The van der Waals surface area contributed by atoms with E-state index in [0.717, 1.165) is 0 Å². The molecule has 0 aliphatic heterocycles. The normalized spacial score (nSPS) is 14.7. The second-order valence-corrected chi connectivity index (χ2v) is 5.74. The summed E-state index contributed by atoms with van der Waals surface area (Å²) in [5.74, 6) is 1.18. The second kappa shape index (κ2) is 5.77. The summed E-state index contributed by atoms with van der Waals surface area (Å²) in [6.45, 7) is 1.93. The lowest BCUT2D eigenvalue weighted by Gasteiger charge is -2.14. The van der Waals surface area contributed by atoms with Gasteiger partial charge in [0.2, 0.25) is 0 Å². The Labute approximate surface area is 104 Å². The number of halogens is 2. The van der Waals surface area contributed by atoms with Gasteiger partial charge in [-0.05, 0) is 22.9 Å². The predicted molar refractivity (Wildman–Crippen MR) is 66.8 cm³/mol. The van der Waals surface area contributed by atoms with Crippen LogP contribution in [0.15, 0.2) is 10.8 Å². The van der Waals surface area contributed by atoms with E-state index in [2.05, 4.69) is 31.2 Å². The quantitative estimate of drug-likeness (QED) is 0.865. The summed E-state index contributed by atoms with van der Waals surface area (Å²) in [5, 5.41) is 3.47. The highest BCUT2D eigenvalue weighted by molar-refractivity contribution is 9.10. The van der Waals surface area contributed by atoms with Crippen LogP contribution in [-0.4, -0.2) is 32.2 Å². The molecule has 0 saturated carbocycles. The minimum absolute atomic E-state index is 0.0677. The predicted octanol–water partition coefficient (Wildman–Crippen LogP) is 2.07. The van der Waals surface area contributed by atoms with Gasteiger partial charge in [-0.3, -0.25) is 4.21 Å². The maximum absolute atomic E-state index is 11.0. The van der Waals surface area contributed by atoms with Crippen molar-refractivity contribution >= 4 is 44.1 Å². The van der Waals surface area contributed by atoms with Crippen LogP contribution in [0.4, 0.5) is 5.82 Å². The van der Waals surface area contributed by atoms with Crippen LogP contribution in [0.3, 0.4) is 0 Å². The number of rotatable bonds is 4. The molecular weight excluding hydrogens is 302 g/mol. The van der Waals surface area contributed by atoms with Crippen molar-refractivity contribution < 1.29 is 4.21 Å². The van der Waals surface area contributed by atoms with Crippen LogP contribution in [-0.2, 0) is 10.8 Å². The smallest absolute Gasteiger partial charge is 0.148 e. The molecule has 7 heteroatoms. The molecule has 1 rings (SSSR count). The van der Waals surface area contributed by atoms with Gasteiger partial charge in [-0.25, -0.2) is 9.97 Å². The van der Waals surface area contributed by atoms with Gasteiger partial charge >= 0.3 is 0 Å². The third kappa shape index (κ3) is 4.04. The first-order valence-corrected chi connectivity index (χ1v) is 7.13. The summed E-state index contributed by atoms with van der Waals surface area (Å²) in [6, 6.07) is 0.0677. The zero-order valence-electron chi connectivity index (χ0n) is 8.33. The van der Waals surface area contributed by atoms with E-state index in [0.29, 0.717) is 21.2 Å². The Kier molecular flexibility index (Phi) is 4.95. The summed E-state index contributed by atoms with van der Waals surface area (Å²) in [4.78, 5) is 7.85. The van der Waals surface area contributed by atoms with Crippen molar-refractivity contribution in [2.24, 2.45) is 0 Å². The van der Waals surface area contributed by atoms with Crippen LogP contribution in [0.2, 0.25) is 5.15 Å². The number of hydrogen-bond donors (Lipinski definition) is 1. The summed E-state index contributed by atoms with van der Waals surface area (Å²) in [6.07, 6.45) is 3.05. The first kappa shape index (κ1) is 12.9. The third-order valence-corrected chi connectivity index (χ3v) is 3.85. The van der Waals surface area contributed by atoms with Crippen molar-refractivity contribution in [2.45, 2.75) is 13.0 Å². The van der Waals surface area contributed by atoms with Gasteiger partial charge in [-0.2, -0.15) is 0 Å². The Morgan fingerprint density at radius 3 is 2.93 bits per heavy atom. The second-order valence-electron chi connectivity index (χ2n) is 3.11. The van der Waals surface area contributed by atoms with E-state index >= 15 is 0 Å². The summed E-state index contributed by atoms with van der Waals surface area (Å²) in [7, 11) is -0.835. The minimum atomic E-state index is -0.835. The number of nitrogens with one attached hydrogen (secondary N) is 1. The number of anilines is 1. The van der Waals surface area contributed by atoms with Crippen molar-refractivity contribution in [2.75, 3.05) is 17.3 Å². The monoisotopic (exact) mass is 311 g/mol. The van der Waals surface area contributed by atoms with E-state index in [4.69, 9.17) is 11.6 Å². The molecule has 0 fully saturated rings. The van der Waals surface area contributed by atoms with Crippen LogP contribution >= 0.6 is 27.5 Å². The van der Waals surface area contributed by atoms with Gasteiger partial charge in [-0.1, -0.05) is 11.6 Å². The highest BCUT2D eigenvalue weighted by Crippen LogP contribution is 2.26. The fourth-order valence-electron chi connectivity index (χ4n) is 1.08. The lowest BCUT2D eigenvalue weighted by atomic mass is 10.4. The van der Waals surface area contributed by atoms with Crippen molar-refractivity contribution in [1.82, 2.24) is 9.97 Å². The van der Waals surface area contributed by atoms with Gasteiger partial charge in [0.25, 0.3) is 0 Å². The summed E-state index contributed by atoms with van der Waals surface area (Å²) < 4.78 is 11.6. The molecule has 4 nitrogen and oxygen atoms in total. The van der Waals surface area contributed by atoms with E-state index in [-0.39, 0.29) is 6.04 Å². The Morgan fingerprint density at radius 1 is 1.67 bits per heavy atom.